The molecule has 0 aromatic carbocycles. The number of rotatable bonds is 7. The van der Waals surface area contributed by atoms with Crippen molar-refractivity contribution < 1.29 is 4.90 Å². The minimum Gasteiger partial charge on any atom is -0.361 e. The van der Waals surface area contributed by atoms with Crippen molar-refractivity contribution in [2.75, 3.05) is 18.4 Å². The van der Waals surface area contributed by atoms with E-state index in [1.54, 1.807) is 11.3 Å². The number of quaternary nitrogens is 1. The summed E-state index contributed by atoms with van der Waals surface area (Å²) in [6.45, 7) is 13.9. The van der Waals surface area contributed by atoms with Crippen LogP contribution < -0.4 is 10.2 Å². The number of nitrogens with one attached hydrogen (secondary N) is 2. The fourth-order valence-corrected chi connectivity index (χ4v) is 4.16. The zero-order valence-electron chi connectivity index (χ0n) is 16.3. The molecule has 0 radical (unpaired) electrons. The highest BCUT2D eigenvalue weighted by atomic mass is 32.1. The molecule has 0 fully saturated rings. The molecule has 0 spiro atoms. The number of pyridine rings is 1. The Bertz CT molecular complexity index is 871. The first-order chi connectivity index (χ1) is 12.5. The summed E-state index contributed by atoms with van der Waals surface area (Å²) in [7, 11) is 0. The number of aryl methyl sites for hydroxylation is 2. The molecular formula is C20H28N5S+. The summed E-state index contributed by atoms with van der Waals surface area (Å²) in [5.41, 5.74) is 2.28. The summed E-state index contributed by atoms with van der Waals surface area (Å²) in [4.78, 5) is 18.1. The summed E-state index contributed by atoms with van der Waals surface area (Å²) in [6, 6.07) is 6.09. The Balaban J connectivity index is 2.00. The van der Waals surface area contributed by atoms with Gasteiger partial charge in [0.2, 0.25) is 0 Å². The van der Waals surface area contributed by atoms with Crippen LogP contribution >= 0.6 is 11.3 Å². The van der Waals surface area contributed by atoms with Gasteiger partial charge in [0.25, 0.3) is 0 Å². The van der Waals surface area contributed by atoms with Crippen LogP contribution in [0.25, 0.3) is 10.2 Å². The molecule has 5 nitrogen and oxygen atoms in total. The average molecular weight is 371 g/mol. The highest BCUT2D eigenvalue weighted by Crippen LogP contribution is 2.34. The first-order valence-electron chi connectivity index (χ1n) is 9.31. The predicted molar refractivity (Wildman–Crippen MR) is 109 cm³/mol. The number of nitrogens with zero attached hydrogens (tertiary/aromatic N) is 3. The molecule has 0 unspecified atom stereocenters. The van der Waals surface area contributed by atoms with Gasteiger partial charge in [-0.15, -0.1) is 11.3 Å². The summed E-state index contributed by atoms with van der Waals surface area (Å²) < 4.78 is 0. The lowest BCUT2D eigenvalue weighted by Gasteiger charge is -2.18. The van der Waals surface area contributed by atoms with Gasteiger partial charge in [-0.3, -0.25) is 4.98 Å². The van der Waals surface area contributed by atoms with Gasteiger partial charge in [0, 0.05) is 11.1 Å². The Labute approximate surface area is 159 Å². The maximum atomic E-state index is 4.91. The van der Waals surface area contributed by atoms with Crippen LogP contribution in [0.4, 0.5) is 5.82 Å². The Morgan fingerprint density at radius 1 is 1.15 bits per heavy atom. The van der Waals surface area contributed by atoms with E-state index in [-0.39, 0.29) is 6.04 Å². The normalized spacial score (nSPS) is 12.7. The number of fused-ring (bicyclic) bond motifs is 1. The van der Waals surface area contributed by atoms with Crippen molar-refractivity contribution in [1.82, 2.24) is 15.0 Å². The molecule has 0 aliphatic carbocycles. The van der Waals surface area contributed by atoms with Crippen LogP contribution in [0.15, 0.2) is 24.4 Å². The van der Waals surface area contributed by atoms with E-state index in [4.69, 9.17) is 9.97 Å². The quantitative estimate of drug-likeness (QED) is 0.670. The Morgan fingerprint density at radius 3 is 2.58 bits per heavy atom. The summed E-state index contributed by atoms with van der Waals surface area (Å²) in [5.74, 6) is 1.84. The van der Waals surface area contributed by atoms with Gasteiger partial charge in [0.1, 0.15) is 17.2 Å². The third-order valence-electron chi connectivity index (χ3n) is 4.97. The topological polar surface area (TPSA) is 55.1 Å². The van der Waals surface area contributed by atoms with Crippen molar-refractivity contribution in [3.05, 3.63) is 46.4 Å². The molecule has 0 saturated heterocycles. The average Bonchev–Trinajstić information content (AvgIpc) is 2.94. The number of thiophene rings is 1. The lowest BCUT2D eigenvalue weighted by Crippen LogP contribution is -3.10. The van der Waals surface area contributed by atoms with Crippen LogP contribution in [0.3, 0.4) is 0 Å². The second-order valence-electron chi connectivity index (χ2n) is 6.71. The van der Waals surface area contributed by atoms with Crippen molar-refractivity contribution in [3.63, 3.8) is 0 Å². The Kier molecular flexibility index (Phi) is 5.84. The van der Waals surface area contributed by atoms with Gasteiger partial charge in [-0.05, 0) is 52.3 Å². The summed E-state index contributed by atoms with van der Waals surface area (Å²) in [6.07, 6.45) is 1.83. The summed E-state index contributed by atoms with van der Waals surface area (Å²) >= 11 is 1.76. The molecule has 0 aliphatic heterocycles. The molecule has 3 rings (SSSR count). The lowest BCUT2D eigenvalue weighted by molar-refractivity contribution is -0.910. The molecule has 3 heterocycles. The van der Waals surface area contributed by atoms with Gasteiger partial charge in [0.15, 0.2) is 5.82 Å². The largest absolute Gasteiger partial charge is 0.361 e. The second-order valence-corrected chi connectivity index (χ2v) is 7.91. The minimum atomic E-state index is 0.0857. The molecule has 0 amide bonds. The van der Waals surface area contributed by atoms with Crippen molar-refractivity contribution in [2.24, 2.45) is 0 Å². The maximum Gasteiger partial charge on any atom is 0.187 e. The van der Waals surface area contributed by atoms with E-state index in [9.17, 15) is 0 Å². The van der Waals surface area contributed by atoms with E-state index in [1.165, 1.54) is 15.3 Å². The van der Waals surface area contributed by atoms with Crippen LogP contribution in [0.1, 0.15) is 48.8 Å². The molecule has 0 bridgehead atoms. The van der Waals surface area contributed by atoms with E-state index in [2.05, 4.69) is 44.9 Å². The fraction of sp³-hybridized carbons (Fsp3) is 0.450. The van der Waals surface area contributed by atoms with Crippen molar-refractivity contribution >= 4 is 27.4 Å². The third kappa shape index (κ3) is 3.86. The van der Waals surface area contributed by atoms with Crippen LogP contribution in [-0.4, -0.2) is 28.0 Å². The lowest BCUT2D eigenvalue weighted by atomic mass is 10.1. The smallest absolute Gasteiger partial charge is 0.187 e. The fourth-order valence-electron chi connectivity index (χ4n) is 3.11. The van der Waals surface area contributed by atoms with E-state index >= 15 is 0 Å². The Morgan fingerprint density at radius 2 is 1.92 bits per heavy atom. The molecule has 0 saturated carbocycles. The first-order valence-corrected chi connectivity index (χ1v) is 10.1. The minimum absolute atomic E-state index is 0.0857. The molecule has 3 aromatic rings. The highest BCUT2D eigenvalue weighted by molar-refractivity contribution is 7.18. The highest BCUT2D eigenvalue weighted by Gasteiger charge is 2.18. The zero-order valence-corrected chi connectivity index (χ0v) is 17.1. The predicted octanol–water partition coefficient (Wildman–Crippen LogP) is 3.30. The molecule has 138 valence electrons. The van der Waals surface area contributed by atoms with E-state index in [1.807, 2.05) is 24.4 Å². The van der Waals surface area contributed by atoms with E-state index in [0.29, 0.717) is 0 Å². The third-order valence-corrected chi connectivity index (χ3v) is 6.07. The zero-order chi connectivity index (χ0) is 18.7. The SMILES string of the molecule is CC[NH+](CC)Cc1nc(N[C@H](C)c2ccccn2)c2c(C)c(C)sc2n1. The van der Waals surface area contributed by atoms with Gasteiger partial charge in [-0.1, -0.05) is 6.07 Å². The number of aromatic nitrogens is 3. The van der Waals surface area contributed by atoms with Crippen LogP contribution in [-0.2, 0) is 6.54 Å². The molecule has 3 aromatic heterocycles. The van der Waals surface area contributed by atoms with Gasteiger partial charge in [0.05, 0.1) is 30.2 Å². The number of hydrogen-bond acceptors (Lipinski definition) is 5. The van der Waals surface area contributed by atoms with Gasteiger partial charge in [-0.25, -0.2) is 9.97 Å². The molecule has 6 heteroatoms. The molecule has 1 atom stereocenters. The number of anilines is 1. The molecular weight excluding hydrogens is 342 g/mol. The monoisotopic (exact) mass is 370 g/mol. The first kappa shape index (κ1) is 18.7. The van der Waals surface area contributed by atoms with Crippen molar-refractivity contribution in [3.8, 4) is 0 Å². The summed E-state index contributed by atoms with van der Waals surface area (Å²) in [5, 5.41) is 4.74. The van der Waals surface area contributed by atoms with Crippen LogP contribution in [0.5, 0.6) is 0 Å². The van der Waals surface area contributed by atoms with Gasteiger partial charge < -0.3 is 10.2 Å². The van der Waals surface area contributed by atoms with Crippen molar-refractivity contribution in [2.45, 2.75) is 47.2 Å². The van der Waals surface area contributed by atoms with Crippen LogP contribution in [0, 0.1) is 13.8 Å². The van der Waals surface area contributed by atoms with E-state index in [0.717, 1.165) is 47.2 Å². The number of hydrogen-bond donors (Lipinski definition) is 2. The molecule has 2 N–H and O–H groups in total. The molecule has 26 heavy (non-hydrogen) atoms. The van der Waals surface area contributed by atoms with Crippen LogP contribution in [0.2, 0.25) is 0 Å². The molecule has 0 aliphatic rings. The van der Waals surface area contributed by atoms with E-state index < -0.39 is 0 Å². The second kappa shape index (κ2) is 8.10. The maximum absolute atomic E-state index is 4.91. The standard InChI is InChI=1S/C20H27N5S/c1-6-25(7-2)12-17-23-19(18-13(3)15(5)26-20(18)24-17)22-14(4)16-10-8-9-11-21-16/h8-11,14H,6-7,12H2,1-5H3,(H,22,23,24)/p+1/t14-/m1/s1. The van der Waals surface area contributed by atoms with Gasteiger partial charge in [-0.2, -0.15) is 0 Å². The Hall–Kier alpha value is -2.05. The van der Waals surface area contributed by atoms with Gasteiger partial charge >= 0.3 is 0 Å². The van der Waals surface area contributed by atoms with Crippen molar-refractivity contribution in [1.29, 1.82) is 0 Å².